The van der Waals surface area contributed by atoms with Crippen molar-refractivity contribution in [3.05, 3.63) is 0 Å². The van der Waals surface area contributed by atoms with Crippen molar-refractivity contribution in [2.45, 2.75) is 89.0 Å². The average molecular weight is 402 g/mol. The lowest BCUT2D eigenvalue weighted by atomic mass is 10.0. The van der Waals surface area contributed by atoms with Gasteiger partial charge < -0.3 is 29.2 Å². The van der Waals surface area contributed by atoms with Gasteiger partial charge in [0.05, 0.1) is 6.10 Å². The minimum Gasteiger partial charge on any atom is -0.412 e. The number of hydrogen-bond donors (Lipinski definition) is 2. The van der Waals surface area contributed by atoms with Crippen LogP contribution in [0.5, 0.6) is 0 Å². The fourth-order valence-corrected chi connectivity index (χ4v) is 2.94. The quantitative estimate of drug-likeness (QED) is 0.648. The second-order valence-corrected chi connectivity index (χ2v) is 7.03. The van der Waals surface area contributed by atoms with Crippen LogP contribution in [-0.4, -0.2) is 52.0 Å². The second-order valence-electron chi connectivity index (χ2n) is 7.03. The summed E-state index contributed by atoms with van der Waals surface area (Å²) in [4.78, 5) is 48.7. The summed E-state index contributed by atoms with van der Waals surface area (Å²) >= 11 is 0. The monoisotopic (exact) mass is 402 g/mol. The molecule has 1 unspecified atom stereocenters. The van der Waals surface area contributed by atoms with Crippen molar-refractivity contribution in [3.63, 3.8) is 0 Å². The van der Waals surface area contributed by atoms with Crippen molar-refractivity contribution >= 4 is 23.9 Å². The van der Waals surface area contributed by atoms with Gasteiger partial charge in [-0.05, 0) is 39.0 Å². The lowest BCUT2D eigenvalue weighted by molar-refractivity contribution is -0.444. The maximum atomic E-state index is 12.3. The van der Waals surface area contributed by atoms with E-state index >= 15 is 0 Å². The molecule has 2 fully saturated rings. The molecule has 0 radical (unpaired) electrons. The molecule has 0 aliphatic carbocycles. The standard InChI is InChI=1S/C18H26O10/c1-12(19)10-11-17(25-13(20)6-2-3-7-14(21)26-17)18(24)27-15(22)8-4-5-9-16(23)28-18/h12,19,24H,2-11H2,1H3. The minimum atomic E-state index is -3.17. The molecule has 2 aliphatic rings. The molecule has 1 atom stereocenters. The molecule has 0 aromatic rings. The molecular formula is C18H26O10. The summed E-state index contributed by atoms with van der Waals surface area (Å²) in [5, 5.41) is 20.7. The van der Waals surface area contributed by atoms with Gasteiger partial charge >= 0.3 is 35.6 Å². The Kier molecular flexibility index (Phi) is 7.36. The van der Waals surface area contributed by atoms with Crippen LogP contribution in [0.15, 0.2) is 0 Å². The summed E-state index contributed by atoms with van der Waals surface area (Å²) in [7, 11) is 0. The first kappa shape index (κ1) is 22.1. The number of carbonyl (C=O) groups excluding carboxylic acids is 4. The van der Waals surface area contributed by atoms with E-state index in [1.165, 1.54) is 6.92 Å². The Morgan fingerprint density at radius 1 is 0.786 bits per heavy atom. The van der Waals surface area contributed by atoms with Crippen LogP contribution in [0.4, 0.5) is 0 Å². The zero-order valence-electron chi connectivity index (χ0n) is 15.8. The molecule has 2 heterocycles. The van der Waals surface area contributed by atoms with Crippen molar-refractivity contribution in [2.24, 2.45) is 0 Å². The largest absolute Gasteiger partial charge is 0.456 e. The van der Waals surface area contributed by atoms with Crippen molar-refractivity contribution in [1.82, 2.24) is 0 Å². The van der Waals surface area contributed by atoms with Gasteiger partial charge in [-0.2, -0.15) is 0 Å². The molecule has 2 aliphatic heterocycles. The number of cyclic esters (lactones) is 4. The number of aliphatic hydroxyl groups is 2. The van der Waals surface area contributed by atoms with Crippen molar-refractivity contribution in [2.75, 3.05) is 0 Å². The Morgan fingerprint density at radius 3 is 1.50 bits per heavy atom. The van der Waals surface area contributed by atoms with E-state index in [1.807, 2.05) is 0 Å². The Morgan fingerprint density at radius 2 is 1.14 bits per heavy atom. The molecule has 158 valence electrons. The highest BCUT2D eigenvalue weighted by Crippen LogP contribution is 2.39. The number of hydrogen-bond acceptors (Lipinski definition) is 10. The van der Waals surface area contributed by atoms with E-state index in [1.54, 1.807) is 0 Å². The minimum absolute atomic E-state index is 0.0783. The van der Waals surface area contributed by atoms with E-state index in [0.29, 0.717) is 25.7 Å². The molecule has 0 spiro atoms. The fraction of sp³-hybridized carbons (Fsp3) is 0.778. The lowest BCUT2D eigenvalue weighted by Crippen LogP contribution is -2.63. The van der Waals surface area contributed by atoms with Crippen LogP contribution in [-0.2, 0) is 38.1 Å². The highest BCUT2D eigenvalue weighted by Gasteiger charge is 2.65. The fourth-order valence-electron chi connectivity index (χ4n) is 2.94. The third-order valence-electron chi connectivity index (χ3n) is 4.46. The molecular weight excluding hydrogens is 376 g/mol. The zero-order chi connectivity index (χ0) is 20.8. The smallest absolute Gasteiger partial charge is 0.412 e. The molecule has 0 amide bonds. The van der Waals surface area contributed by atoms with Crippen LogP contribution in [0.25, 0.3) is 0 Å². The van der Waals surface area contributed by atoms with Crippen molar-refractivity contribution < 1.29 is 48.3 Å². The zero-order valence-corrected chi connectivity index (χ0v) is 15.8. The summed E-state index contributed by atoms with van der Waals surface area (Å²) < 4.78 is 20.5. The first-order valence-corrected chi connectivity index (χ1v) is 9.43. The predicted octanol–water partition coefficient (Wildman–Crippen LogP) is 0.811. The maximum Gasteiger partial charge on any atom is 0.456 e. The van der Waals surface area contributed by atoms with Crippen molar-refractivity contribution in [1.29, 1.82) is 0 Å². The van der Waals surface area contributed by atoms with Gasteiger partial charge in [-0.15, -0.1) is 0 Å². The van der Waals surface area contributed by atoms with E-state index < -0.39 is 48.2 Å². The molecule has 28 heavy (non-hydrogen) atoms. The van der Waals surface area contributed by atoms with Crippen LogP contribution < -0.4 is 0 Å². The third kappa shape index (κ3) is 5.65. The van der Waals surface area contributed by atoms with Crippen molar-refractivity contribution in [3.8, 4) is 0 Å². The molecule has 2 saturated heterocycles. The SMILES string of the molecule is CC(O)CCC1(C2(O)OC(=O)CCCCC(=O)O2)OC(=O)CCCCC(=O)O1. The van der Waals surface area contributed by atoms with Crippen LogP contribution in [0, 0.1) is 0 Å². The summed E-state index contributed by atoms with van der Waals surface area (Å²) in [6, 6.07) is 0. The molecule has 2 rings (SSSR count). The summed E-state index contributed by atoms with van der Waals surface area (Å²) in [5.41, 5.74) is 0. The molecule has 10 nitrogen and oxygen atoms in total. The second kappa shape index (κ2) is 9.33. The first-order valence-electron chi connectivity index (χ1n) is 9.43. The Balaban J connectivity index is 2.50. The topological polar surface area (TPSA) is 146 Å². The van der Waals surface area contributed by atoms with Gasteiger partial charge in [0.15, 0.2) is 0 Å². The predicted molar refractivity (Wildman–Crippen MR) is 89.9 cm³/mol. The molecule has 0 aromatic carbocycles. The molecule has 0 saturated carbocycles. The lowest BCUT2D eigenvalue weighted by Gasteiger charge is -2.41. The summed E-state index contributed by atoms with van der Waals surface area (Å²) in [6.07, 6.45) is -0.563. The van der Waals surface area contributed by atoms with Gasteiger partial charge in [0.2, 0.25) is 0 Å². The van der Waals surface area contributed by atoms with E-state index in [9.17, 15) is 29.4 Å². The van der Waals surface area contributed by atoms with Gasteiger partial charge in [0.25, 0.3) is 0 Å². The van der Waals surface area contributed by atoms with E-state index in [4.69, 9.17) is 18.9 Å². The maximum absolute atomic E-state index is 12.3. The van der Waals surface area contributed by atoms with Crippen LogP contribution >= 0.6 is 0 Å². The Hall–Kier alpha value is -2.20. The third-order valence-corrected chi connectivity index (χ3v) is 4.46. The Labute approximate surface area is 162 Å². The number of esters is 4. The van der Waals surface area contributed by atoms with Crippen LogP contribution in [0.3, 0.4) is 0 Å². The molecule has 0 bridgehead atoms. The average Bonchev–Trinajstić information content (AvgIpc) is 2.70. The number of carbonyl (C=O) groups is 4. The number of ether oxygens (including phenoxy) is 4. The number of aliphatic hydroxyl groups excluding tert-OH is 1. The van der Waals surface area contributed by atoms with Gasteiger partial charge in [0.1, 0.15) is 0 Å². The highest BCUT2D eigenvalue weighted by molar-refractivity contribution is 5.75. The normalized spacial score (nSPS) is 24.5. The van der Waals surface area contributed by atoms with Gasteiger partial charge in [-0.25, -0.2) is 0 Å². The molecule has 10 heteroatoms. The van der Waals surface area contributed by atoms with E-state index in [2.05, 4.69) is 0 Å². The van der Waals surface area contributed by atoms with Gasteiger partial charge in [-0.1, -0.05) is 0 Å². The van der Waals surface area contributed by atoms with E-state index in [-0.39, 0.29) is 32.1 Å². The van der Waals surface area contributed by atoms with E-state index in [0.717, 1.165) is 0 Å². The Bertz CT molecular complexity index is 571. The van der Waals surface area contributed by atoms with Crippen LogP contribution in [0.2, 0.25) is 0 Å². The highest BCUT2D eigenvalue weighted by atomic mass is 16.9. The molecule has 0 aromatic heterocycles. The molecule has 2 N–H and O–H groups in total. The summed E-state index contributed by atoms with van der Waals surface area (Å²) in [5.74, 6) is -9.30. The first-order chi connectivity index (χ1) is 13.2. The van der Waals surface area contributed by atoms with Crippen LogP contribution in [0.1, 0.15) is 71.1 Å². The van der Waals surface area contributed by atoms with Gasteiger partial charge in [-0.3, -0.25) is 19.2 Å². The number of rotatable bonds is 4. The van der Waals surface area contributed by atoms with Gasteiger partial charge in [0, 0.05) is 32.1 Å². The summed E-state index contributed by atoms with van der Waals surface area (Å²) in [6.45, 7) is 1.43.